The highest BCUT2D eigenvalue weighted by Gasteiger charge is 2.04. The van der Waals surface area contributed by atoms with Crippen LogP contribution in [0.4, 0.5) is 5.13 Å². The molecule has 24 heavy (non-hydrogen) atoms. The smallest absolute Gasteiger partial charge is 0.203 e. The maximum Gasteiger partial charge on any atom is 0.203 e. The van der Waals surface area contributed by atoms with Crippen molar-refractivity contribution in [2.75, 3.05) is 12.5 Å². The van der Waals surface area contributed by atoms with E-state index in [1.165, 1.54) is 18.4 Å². The van der Waals surface area contributed by atoms with Gasteiger partial charge in [0, 0.05) is 16.0 Å². The molecule has 5 nitrogen and oxygen atoms in total. The highest BCUT2D eigenvalue weighted by atomic mass is 35.5. The van der Waals surface area contributed by atoms with Crippen molar-refractivity contribution in [3.8, 4) is 22.8 Å². The van der Waals surface area contributed by atoms with Gasteiger partial charge in [0.2, 0.25) is 5.13 Å². The van der Waals surface area contributed by atoms with Crippen LogP contribution in [0.25, 0.3) is 11.3 Å². The van der Waals surface area contributed by atoms with Gasteiger partial charge >= 0.3 is 0 Å². The summed E-state index contributed by atoms with van der Waals surface area (Å²) in [6.07, 6.45) is 1.63. The number of benzene rings is 2. The molecule has 0 spiro atoms. The number of nitrogens with one attached hydrogen (secondary N) is 1. The van der Waals surface area contributed by atoms with Crippen LogP contribution < -0.4 is 10.2 Å². The zero-order valence-corrected chi connectivity index (χ0v) is 14.3. The molecule has 2 aromatic carbocycles. The molecule has 7 heteroatoms. The average molecular weight is 360 g/mol. The Bertz CT molecular complexity index is 863. The van der Waals surface area contributed by atoms with E-state index in [4.69, 9.17) is 16.3 Å². The second-order valence-electron chi connectivity index (χ2n) is 4.85. The molecule has 0 aliphatic heterocycles. The van der Waals surface area contributed by atoms with Crippen molar-refractivity contribution in [2.45, 2.75) is 0 Å². The summed E-state index contributed by atoms with van der Waals surface area (Å²) < 4.78 is 5.06. The molecule has 2 N–H and O–H groups in total. The summed E-state index contributed by atoms with van der Waals surface area (Å²) in [4.78, 5) is 4.48. The lowest BCUT2D eigenvalue weighted by Gasteiger charge is -2.03. The first-order chi connectivity index (χ1) is 11.7. The predicted octanol–water partition coefficient (Wildman–Crippen LogP) is 4.62. The van der Waals surface area contributed by atoms with Crippen molar-refractivity contribution < 1.29 is 9.84 Å². The molecule has 0 bridgehead atoms. The summed E-state index contributed by atoms with van der Waals surface area (Å²) in [7, 11) is 1.50. The number of hydrazone groups is 1. The van der Waals surface area contributed by atoms with Gasteiger partial charge in [-0.25, -0.2) is 4.98 Å². The average Bonchev–Trinajstić information content (AvgIpc) is 3.06. The predicted molar refractivity (Wildman–Crippen MR) is 98.4 cm³/mol. The van der Waals surface area contributed by atoms with E-state index >= 15 is 0 Å². The van der Waals surface area contributed by atoms with Crippen LogP contribution in [0.1, 0.15) is 5.56 Å². The maximum absolute atomic E-state index is 9.56. The van der Waals surface area contributed by atoms with Gasteiger partial charge in [0.05, 0.1) is 19.0 Å². The van der Waals surface area contributed by atoms with Gasteiger partial charge in [-0.15, -0.1) is 11.3 Å². The van der Waals surface area contributed by atoms with E-state index in [0.717, 1.165) is 16.8 Å². The van der Waals surface area contributed by atoms with Gasteiger partial charge < -0.3 is 9.84 Å². The van der Waals surface area contributed by atoms with E-state index in [1.54, 1.807) is 24.4 Å². The van der Waals surface area contributed by atoms with Crippen molar-refractivity contribution in [3.05, 3.63) is 58.4 Å². The van der Waals surface area contributed by atoms with Gasteiger partial charge in [0.1, 0.15) is 0 Å². The van der Waals surface area contributed by atoms with Crippen LogP contribution in [0.3, 0.4) is 0 Å². The summed E-state index contributed by atoms with van der Waals surface area (Å²) in [5.74, 6) is 0.494. The normalized spacial score (nSPS) is 10.9. The number of thiazole rings is 1. The molecule has 0 radical (unpaired) electrons. The van der Waals surface area contributed by atoms with Crippen LogP contribution >= 0.6 is 22.9 Å². The van der Waals surface area contributed by atoms with Crippen molar-refractivity contribution in [1.29, 1.82) is 0 Å². The number of nitrogens with zero attached hydrogens (tertiary/aromatic N) is 2. The van der Waals surface area contributed by atoms with Crippen LogP contribution in [-0.4, -0.2) is 23.4 Å². The number of anilines is 1. The second kappa shape index (κ2) is 7.33. The summed E-state index contributed by atoms with van der Waals surface area (Å²) in [5.41, 5.74) is 5.55. The Morgan fingerprint density at radius 1 is 1.25 bits per heavy atom. The molecular weight excluding hydrogens is 346 g/mol. The maximum atomic E-state index is 9.56. The van der Waals surface area contributed by atoms with E-state index in [1.807, 2.05) is 29.6 Å². The highest BCUT2D eigenvalue weighted by Crippen LogP contribution is 2.27. The number of hydrogen-bond donors (Lipinski definition) is 2. The first kappa shape index (κ1) is 16.3. The van der Waals surface area contributed by atoms with Crippen LogP contribution in [0.15, 0.2) is 52.9 Å². The minimum absolute atomic E-state index is 0.0927. The SMILES string of the molecule is COc1cc(/C=N\Nc2nc(-c3ccc(Cl)cc3)cs2)ccc1O. The van der Waals surface area contributed by atoms with Gasteiger partial charge in [-0.1, -0.05) is 23.7 Å². The van der Waals surface area contributed by atoms with E-state index in [0.29, 0.717) is 15.9 Å². The summed E-state index contributed by atoms with van der Waals surface area (Å²) >= 11 is 7.35. The minimum atomic E-state index is 0.0927. The monoisotopic (exact) mass is 359 g/mol. The molecule has 1 aromatic heterocycles. The third-order valence-corrected chi connectivity index (χ3v) is 4.22. The summed E-state index contributed by atoms with van der Waals surface area (Å²) in [5, 5.41) is 17.0. The van der Waals surface area contributed by atoms with Gasteiger partial charge in [-0.3, -0.25) is 5.43 Å². The molecule has 0 saturated heterocycles. The second-order valence-corrected chi connectivity index (χ2v) is 6.14. The van der Waals surface area contributed by atoms with E-state index in [9.17, 15) is 5.11 Å². The first-order valence-corrected chi connectivity index (χ1v) is 8.29. The molecule has 0 aliphatic carbocycles. The molecule has 3 aromatic rings. The molecule has 0 unspecified atom stereocenters. The van der Waals surface area contributed by atoms with Crippen molar-refractivity contribution in [3.63, 3.8) is 0 Å². The lowest BCUT2D eigenvalue weighted by molar-refractivity contribution is 0.373. The fraction of sp³-hybridized carbons (Fsp3) is 0.0588. The van der Waals surface area contributed by atoms with Gasteiger partial charge in [0.15, 0.2) is 11.5 Å². The molecule has 0 fully saturated rings. The van der Waals surface area contributed by atoms with Gasteiger partial charge in [-0.05, 0) is 35.9 Å². The van der Waals surface area contributed by atoms with E-state index < -0.39 is 0 Å². The summed E-state index contributed by atoms with van der Waals surface area (Å²) in [6, 6.07) is 12.5. The number of aromatic hydroxyl groups is 1. The quantitative estimate of drug-likeness (QED) is 0.515. The number of aromatic nitrogens is 1. The van der Waals surface area contributed by atoms with Crippen molar-refractivity contribution in [2.24, 2.45) is 5.10 Å². The molecular formula is C17H14ClN3O2S. The number of rotatable bonds is 5. The lowest BCUT2D eigenvalue weighted by atomic mass is 10.2. The molecule has 0 saturated carbocycles. The number of phenolic OH excluding ortho intramolecular Hbond substituents is 1. The topological polar surface area (TPSA) is 66.7 Å². The zero-order valence-electron chi connectivity index (χ0n) is 12.7. The molecule has 122 valence electrons. The third kappa shape index (κ3) is 3.84. The fourth-order valence-corrected chi connectivity index (χ4v) is 2.81. The Labute approximate surface area is 148 Å². The Kier molecular flexibility index (Phi) is 4.98. The number of phenols is 1. The molecule has 3 rings (SSSR count). The number of halogens is 1. The molecule has 0 atom stereocenters. The van der Waals surface area contributed by atoms with Gasteiger partial charge in [-0.2, -0.15) is 5.10 Å². The minimum Gasteiger partial charge on any atom is -0.504 e. The summed E-state index contributed by atoms with van der Waals surface area (Å²) in [6.45, 7) is 0. The fourth-order valence-electron chi connectivity index (χ4n) is 2.01. The number of ether oxygens (including phenoxy) is 1. The first-order valence-electron chi connectivity index (χ1n) is 7.03. The van der Waals surface area contributed by atoms with E-state index in [-0.39, 0.29) is 5.75 Å². The van der Waals surface area contributed by atoms with Gasteiger partial charge in [0.25, 0.3) is 0 Å². The van der Waals surface area contributed by atoms with Crippen molar-refractivity contribution >= 4 is 34.3 Å². The van der Waals surface area contributed by atoms with Crippen LogP contribution in [0.5, 0.6) is 11.5 Å². The number of methoxy groups -OCH3 is 1. The van der Waals surface area contributed by atoms with Crippen LogP contribution in [0, 0.1) is 0 Å². The van der Waals surface area contributed by atoms with E-state index in [2.05, 4.69) is 15.5 Å². The van der Waals surface area contributed by atoms with Crippen LogP contribution in [0.2, 0.25) is 5.02 Å². The molecule has 1 heterocycles. The molecule has 0 amide bonds. The Hall–Kier alpha value is -2.57. The van der Waals surface area contributed by atoms with Crippen LogP contribution in [-0.2, 0) is 0 Å². The Morgan fingerprint density at radius 3 is 2.79 bits per heavy atom. The Balaban J connectivity index is 1.68. The zero-order chi connectivity index (χ0) is 16.9. The molecule has 0 aliphatic rings. The van der Waals surface area contributed by atoms with Crippen molar-refractivity contribution in [1.82, 2.24) is 4.98 Å². The lowest BCUT2D eigenvalue weighted by Crippen LogP contribution is -1.91. The number of hydrogen-bond acceptors (Lipinski definition) is 6. The standard InChI is InChI=1S/C17H14ClN3O2S/c1-23-16-8-11(2-7-15(16)22)9-19-21-17-20-14(10-24-17)12-3-5-13(18)6-4-12/h2-10,22H,1H3,(H,20,21)/b19-9-. The highest BCUT2D eigenvalue weighted by molar-refractivity contribution is 7.14. The largest absolute Gasteiger partial charge is 0.504 e. The third-order valence-electron chi connectivity index (χ3n) is 3.22. The Morgan fingerprint density at radius 2 is 2.04 bits per heavy atom.